The third-order valence-corrected chi connectivity index (χ3v) is 4.00. The topological polar surface area (TPSA) is 38.9 Å². The summed E-state index contributed by atoms with van der Waals surface area (Å²) in [5, 5.41) is 1.91. The zero-order chi connectivity index (χ0) is 12.3. The summed E-state index contributed by atoms with van der Waals surface area (Å²) in [6, 6.07) is 7.97. The summed E-state index contributed by atoms with van der Waals surface area (Å²) in [4.78, 5) is 5.83. The highest BCUT2D eigenvalue weighted by atomic mass is 35.5. The Morgan fingerprint density at radius 1 is 1.41 bits per heavy atom. The maximum atomic E-state index is 5.98. The zero-order valence-corrected chi connectivity index (χ0v) is 11.3. The molecule has 1 aromatic heterocycles. The molecule has 2 nitrogen and oxygen atoms in total. The molecule has 17 heavy (non-hydrogen) atoms. The monoisotopic (exact) mass is 266 g/mol. The predicted molar refractivity (Wildman–Crippen MR) is 73.9 cm³/mol. The van der Waals surface area contributed by atoms with E-state index in [0.717, 1.165) is 28.6 Å². The van der Waals surface area contributed by atoms with Crippen molar-refractivity contribution in [1.82, 2.24) is 4.98 Å². The molecule has 90 valence electrons. The number of hydrogen-bond acceptors (Lipinski definition) is 3. The average Bonchev–Trinajstić information content (AvgIpc) is 2.60. The van der Waals surface area contributed by atoms with Crippen LogP contribution in [0.1, 0.15) is 21.1 Å². The number of halogens is 1. The van der Waals surface area contributed by atoms with Crippen LogP contribution in [-0.4, -0.2) is 11.5 Å². The number of nitrogens with two attached hydrogens (primary N) is 1. The van der Waals surface area contributed by atoms with E-state index in [2.05, 4.69) is 18.0 Å². The molecule has 0 unspecified atom stereocenters. The van der Waals surface area contributed by atoms with Crippen LogP contribution in [0.15, 0.2) is 24.3 Å². The van der Waals surface area contributed by atoms with Gasteiger partial charge in [0.1, 0.15) is 0 Å². The second kappa shape index (κ2) is 5.63. The van der Waals surface area contributed by atoms with Crippen LogP contribution in [0.5, 0.6) is 0 Å². The maximum absolute atomic E-state index is 5.98. The van der Waals surface area contributed by atoms with Crippen LogP contribution < -0.4 is 5.73 Å². The van der Waals surface area contributed by atoms with E-state index in [4.69, 9.17) is 17.3 Å². The molecule has 0 amide bonds. The number of thiazole rings is 1. The summed E-state index contributed by atoms with van der Waals surface area (Å²) in [6.07, 6.45) is 1.76. The smallest absolute Gasteiger partial charge is 0.0943 e. The molecule has 0 aliphatic heterocycles. The quantitative estimate of drug-likeness (QED) is 0.923. The van der Waals surface area contributed by atoms with Crippen LogP contribution in [-0.2, 0) is 12.8 Å². The molecule has 0 saturated heterocycles. The van der Waals surface area contributed by atoms with Crippen molar-refractivity contribution in [2.45, 2.75) is 19.8 Å². The second-order valence-electron chi connectivity index (χ2n) is 3.96. The summed E-state index contributed by atoms with van der Waals surface area (Å²) >= 11 is 7.73. The molecule has 4 heteroatoms. The van der Waals surface area contributed by atoms with Gasteiger partial charge in [-0.05, 0) is 31.2 Å². The van der Waals surface area contributed by atoms with Gasteiger partial charge in [0.05, 0.1) is 10.7 Å². The molecule has 2 aromatic rings. The van der Waals surface area contributed by atoms with Crippen molar-refractivity contribution in [2.75, 3.05) is 6.54 Å². The molecule has 2 rings (SSSR count). The Kier molecular flexibility index (Phi) is 4.15. The normalized spacial score (nSPS) is 10.8. The van der Waals surface area contributed by atoms with Gasteiger partial charge in [-0.25, -0.2) is 4.98 Å². The highest BCUT2D eigenvalue weighted by Gasteiger charge is 2.08. The number of rotatable bonds is 4. The van der Waals surface area contributed by atoms with Crippen molar-refractivity contribution in [1.29, 1.82) is 0 Å². The summed E-state index contributed by atoms with van der Waals surface area (Å²) in [5.41, 5.74) is 7.88. The second-order valence-corrected chi connectivity index (χ2v) is 5.57. The van der Waals surface area contributed by atoms with Crippen molar-refractivity contribution in [3.05, 3.63) is 50.4 Å². The summed E-state index contributed by atoms with van der Waals surface area (Å²) < 4.78 is 0. The van der Waals surface area contributed by atoms with Gasteiger partial charge in [0.15, 0.2) is 0 Å². The van der Waals surface area contributed by atoms with Crippen molar-refractivity contribution in [2.24, 2.45) is 5.73 Å². The fourth-order valence-corrected chi connectivity index (χ4v) is 3.05. The Morgan fingerprint density at radius 3 is 2.94 bits per heavy atom. The van der Waals surface area contributed by atoms with E-state index >= 15 is 0 Å². The molecule has 0 atom stereocenters. The standard InChI is InChI=1S/C13H15ClN2S/c1-9-12(17-13(16-9)5-6-15)8-10-3-2-4-11(14)7-10/h2-4,7H,5-6,8,15H2,1H3. The molecular weight excluding hydrogens is 252 g/mol. The summed E-state index contributed by atoms with van der Waals surface area (Å²) in [7, 11) is 0. The van der Waals surface area contributed by atoms with Crippen LogP contribution in [0.25, 0.3) is 0 Å². The lowest BCUT2D eigenvalue weighted by Crippen LogP contribution is -2.01. The first kappa shape index (κ1) is 12.6. The van der Waals surface area contributed by atoms with E-state index in [-0.39, 0.29) is 0 Å². The molecule has 1 aromatic carbocycles. The SMILES string of the molecule is Cc1nc(CCN)sc1Cc1cccc(Cl)c1. The first-order chi connectivity index (χ1) is 8.19. The maximum Gasteiger partial charge on any atom is 0.0943 e. The first-order valence-corrected chi connectivity index (χ1v) is 6.78. The minimum Gasteiger partial charge on any atom is -0.330 e. The van der Waals surface area contributed by atoms with Gasteiger partial charge in [0, 0.05) is 22.7 Å². The average molecular weight is 267 g/mol. The minimum atomic E-state index is 0.656. The van der Waals surface area contributed by atoms with E-state index in [9.17, 15) is 0 Å². The van der Waals surface area contributed by atoms with Gasteiger partial charge in [0.25, 0.3) is 0 Å². The Balaban J connectivity index is 2.18. The number of nitrogens with zero attached hydrogens (tertiary/aromatic N) is 1. The number of hydrogen-bond donors (Lipinski definition) is 1. The van der Waals surface area contributed by atoms with Crippen LogP contribution >= 0.6 is 22.9 Å². The number of aryl methyl sites for hydroxylation is 1. The Bertz CT molecular complexity index is 508. The fourth-order valence-electron chi connectivity index (χ4n) is 1.72. The van der Waals surface area contributed by atoms with Gasteiger partial charge >= 0.3 is 0 Å². The van der Waals surface area contributed by atoms with Crippen molar-refractivity contribution >= 4 is 22.9 Å². The van der Waals surface area contributed by atoms with E-state index < -0.39 is 0 Å². The van der Waals surface area contributed by atoms with Crippen molar-refractivity contribution in [3.63, 3.8) is 0 Å². The molecule has 0 aliphatic carbocycles. The molecule has 0 fully saturated rings. The molecule has 0 bridgehead atoms. The first-order valence-electron chi connectivity index (χ1n) is 5.58. The summed E-state index contributed by atoms with van der Waals surface area (Å²) in [6.45, 7) is 2.71. The third-order valence-electron chi connectivity index (χ3n) is 2.55. The van der Waals surface area contributed by atoms with Crippen LogP contribution in [0.4, 0.5) is 0 Å². The van der Waals surface area contributed by atoms with Gasteiger partial charge in [-0.2, -0.15) is 0 Å². The van der Waals surface area contributed by atoms with E-state index in [1.807, 2.05) is 18.2 Å². The lowest BCUT2D eigenvalue weighted by molar-refractivity contribution is 0.943. The molecule has 0 aliphatic rings. The third kappa shape index (κ3) is 3.28. The van der Waals surface area contributed by atoms with Crippen LogP contribution in [0.2, 0.25) is 5.02 Å². The van der Waals surface area contributed by atoms with Crippen LogP contribution in [0, 0.1) is 6.92 Å². The lowest BCUT2D eigenvalue weighted by atomic mass is 10.1. The van der Waals surface area contributed by atoms with E-state index in [0.29, 0.717) is 6.54 Å². The van der Waals surface area contributed by atoms with Crippen LogP contribution in [0.3, 0.4) is 0 Å². The lowest BCUT2D eigenvalue weighted by Gasteiger charge is -2.00. The number of benzene rings is 1. The van der Waals surface area contributed by atoms with E-state index in [1.54, 1.807) is 11.3 Å². The van der Waals surface area contributed by atoms with Crippen molar-refractivity contribution in [3.8, 4) is 0 Å². The number of aromatic nitrogens is 1. The van der Waals surface area contributed by atoms with Gasteiger partial charge in [-0.15, -0.1) is 11.3 Å². The fraction of sp³-hybridized carbons (Fsp3) is 0.308. The molecule has 0 spiro atoms. The summed E-state index contributed by atoms with van der Waals surface area (Å²) in [5.74, 6) is 0. The Labute approximate surface area is 110 Å². The highest BCUT2D eigenvalue weighted by Crippen LogP contribution is 2.23. The zero-order valence-electron chi connectivity index (χ0n) is 9.74. The van der Waals surface area contributed by atoms with E-state index in [1.165, 1.54) is 10.4 Å². The van der Waals surface area contributed by atoms with Gasteiger partial charge in [0.2, 0.25) is 0 Å². The largest absolute Gasteiger partial charge is 0.330 e. The predicted octanol–water partition coefficient (Wildman–Crippen LogP) is 3.20. The molecule has 2 N–H and O–H groups in total. The minimum absolute atomic E-state index is 0.656. The Hall–Kier alpha value is -0.900. The van der Waals surface area contributed by atoms with Gasteiger partial charge in [-0.1, -0.05) is 23.7 Å². The highest BCUT2D eigenvalue weighted by molar-refractivity contribution is 7.11. The molecule has 0 radical (unpaired) electrons. The van der Waals surface area contributed by atoms with Gasteiger partial charge < -0.3 is 5.73 Å². The van der Waals surface area contributed by atoms with Crippen molar-refractivity contribution < 1.29 is 0 Å². The molecule has 0 saturated carbocycles. The van der Waals surface area contributed by atoms with Gasteiger partial charge in [-0.3, -0.25) is 0 Å². The molecular formula is C13H15ClN2S. The molecule has 1 heterocycles. The Morgan fingerprint density at radius 2 is 2.24 bits per heavy atom.